The van der Waals surface area contributed by atoms with Gasteiger partial charge in [0.05, 0.1) is 19.8 Å². The zero-order valence-corrected chi connectivity index (χ0v) is 16.8. The van der Waals surface area contributed by atoms with Gasteiger partial charge in [-0.25, -0.2) is 4.89 Å². The van der Waals surface area contributed by atoms with Crippen LogP contribution < -0.4 is 0 Å². The Morgan fingerprint density at radius 2 is 1.19 bits per heavy atom. The van der Waals surface area contributed by atoms with Crippen molar-refractivity contribution in [2.45, 2.75) is 77.8 Å². The molecular formula is C21H36O5. The van der Waals surface area contributed by atoms with Gasteiger partial charge in [-0.2, -0.15) is 0 Å². The summed E-state index contributed by atoms with van der Waals surface area (Å²) in [6.45, 7) is 9.41. The molecule has 0 radical (unpaired) electrons. The lowest BCUT2D eigenvalue weighted by molar-refractivity contribution is -0.496. The van der Waals surface area contributed by atoms with E-state index in [1.54, 1.807) is 6.92 Å². The van der Waals surface area contributed by atoms with Crippen molar-refractivity contribution in [1.82, 2.24) is 0 Å². The van der Waals surface area contributed by atoms with E-state index in [1.165, 1.54) is 0 Å². The number of hydrogen-bond acceptors (Lipinski definition) is 5. The second-order valence-electron chi connectivity index (χ2n) is 6.65. The van der Waals surface area contributed by atoms with Crippen LogP contribution in [0.25, 0.3) is 0 Å². The van der Waals surface area contributed by atoms with Crippen LogP contribution in [0.3, 0.4) is 0 Å². The van der Waals surface area contributed by atoms with Gasteiger partial charge in [0.1, 0.15) is 0 Å². The summed E-state index contributed by atoms with van der Waals surface area (Å²) in [4.78, 5) is 5.01. The number of unbranched alkanes of at least 4 members (excludes halogenated alkanes) is 3. The van der Waals surface area contributed by atoms with Crippen LogP contribution in [0.5, 0.6) is 0 Å². The lowest BCUT2D eigenvalue weighted by Crippen LogP contribution is -2.57. The maximum absolute atomic E-state index is 9.90. The average molecular weight is 369 g/mol. The van der Waals surface area contributed by atoms with Crippen LogP contribution in [-0.2, 0) is 24.7 Å². The van der Waals surface area contributed by atoms with Crippen molar-refractivity contribution in [3.63, 3.8) is 0 Å². The Morgan fingerprint density at radius 3 is 1.54 bits per heavy atom. The first kappa shape index (κ1) is 23.1. The highest BCUT2D eigenvalue weighted by molar-refractivity contribution is 5.23. The van der Waals surface area contributed by atoms with E-state index in [2.05, 4.69) is 20.8 Å². The molecule has 1 unspecified atom stereocenters. The Labute approximate surface area is 158 Å². The molecule has 0 heterocycles. The van der Waals surface area contributed by atoms with Crippen LogP contribution in [0.2, 0.25) is 0 Å². The first-order valence-electron chi connectivity index (χ1n) is 9.90. The van der Waals surface area contributed by atoms with E-state index in [0.717, 1.165) is 44.1 Å². The van der Waals surface area contributed by atoms with Gasteiger partial charge in [0.2, 0.25) is 5.60 Å². The highest BCUT2D eigenvalue weighted by Crippen LogP contribution is 2.41. The van der Waals surface area contributed by atoms with Crippen molar-refractivity contribution >= 4 is 0 Å². The highest BCUT2D eigenvalue weighted by atomic mass is 17.1. The first-order valence-corrected chi connectivity index (χ1v) is 9.90. The predicted molar refractivity (Wildman–Crippen MR) is 103 cm³/mol. The van der Waals surface area contributed by atoms with Crippen molar-refractivity contribution < 1.29 is 24.4 Å². The van der Waals surface area contributed by atoms with Gasteiger partial charge >= 0.3 is 5.97 Å². The molecule has 0 aromatic heterocycles. The maximum Gasteiger partial charge on any atom is 0.321 e. The lowest BCUT2D eigenvalue weighted by Gasteiger charge is -2.44. The third-order valence-corrected chi connectivity index (χ3v) is 4.46. The van der Waals surface area contributed by atoms with E-state index in [1.807, 2.05) is 30.3 Å². The summed E-state index contributed by atoms with van der Waals surface area (Å²) >= 11 is 0. The Hall–Kier alpha value is -0.980. The van der Waals surface area contributed by atoms with Gasteiger partial charge in [-0.05, 0) is 31.7 Å². The molecule has 0 saturated heterocycles. The molecule has 1 N–H and O–H groups in total. The van der Waals surface area contributed by atoms with Gasteiger partial charge in [0.25, 0.3) is 0 Å². The quantitative estimate of drug-likeness (QED) is 0.192. The van der Waals surface area contributed by atoms with Gasteiger partial charge in [-0.1, -0.05) is 70.4 Å². The van der Waals surface area contributed by atoms with E-state index in [0.29, 0.717) is 19.8 Å². The largest absolute Gasteiger partial charge is 0.325 e. The molecule has 1 aromatic rings. The number of hydrogen-bond donors (Lipinski definition) is 1. The zero-order chi connectivity index (χ0) is 19.3. The Balaban J connectivity index is 3.23. The van der Waals surface area contributed by atoms with E-state index in [9.17, 15) is 5.26 Å². The maximum atomic E-state index is 9.90. The van der Waals surface area contributed by atoms with Gasteiger partial charge in [0, 0.05) is 0 Å². The molecule has 0 aliphatic rings. The SMILES string of the molecule is CCCCOC(OCCCC)(OCCCC)C(C)(OO)c1ccccc1. The molecule has 0 saturated carbocycles. The zero-order valence-electron chi connectivity index (χ0n) is 16.8. The first-order chi connectivity index (χ1) is 12.6. The number of rotatable bonds is 15. The molecular weight excluding hydrogens is 332 g/mol. The highest BCUT2D eigenvalue weighted by Gasteiger charge is 2.56. The Morgan fingerprint density at radius 1 is 0.769 bits per heavy atom. The van der Waals surface area contributed by atoms with Crippen LogP contribution in [-0.4, -0.2) is 31.1 Å². The Bertz CT molecular complexity index is 438. The minimum Gasteiger partial charge on any atom is -0.325 e. The normalized spacial score (nSPS) is 14.3. The Kier molecular flexibility index (Phi) is 11.0. The smallest absolute Gasteiger partial charge is 0.321 e. The minimum atomic E-state index is -1.51. The molecule has 150 valence electrons. The van der Waals surface area contributed by atoms with Crippen molar-refractivity contribution in [2.75, 3.05) is 19.8 Å². The van der Waals surface area contributed by atoms with E-state index < -0.39 is 11.6 Å². The number of ether oxygens (including phenoxy) is 3. The van der Waals surface area contributed by atoms with Crippen LogP contribution >= 0.6 is 0 Å². The topological polar surface area (TPSA) is 57.2 Å². The van der Waals surface area contributed by atoms with Crippen molar-refractivity contribution in [3.05, 3.63) is 35.9 Å². The van der Waals surface area contributed by atoms with Crippen LogP contribution in [0, 0.1) is 0 Å². The van der Waals surface area contributed by atoms with E-state index in [-0.39, 0.29) is 0 Å². The second kappa shape index (κ2) is 12.4. The molecule has 1 rings (SSSR count). The van der Waals surface area contributed by atoms with Crippen LogP contribution in [0.15, 0.2) is 30.3 Å². The standard InChI is InChI=1S/C21H36O5/c1-5-8-16-23-21(24-17-9-6-2,25-18-10-7-3)20(4,26-22)19-14-12-11-13-15-19/h11-15,22H,5-10,16-18H2,1-4H3. The average Bonchev–Trinajstić information content (AvgIpc) is 2.68. The summed E-state index contributed by atoms with van der Waals surface area (Å²) in [7, 11) is 0. The van der Waals surface area contributed by atoms with Gasteiger partial charge < -0.3 is 14.2 Å². The van der Waals surface area contributed by atoms with Crippen LogP contribution in [0.4, 0.5) is 0 Å². The molecule has 5 nitrogen and oxygen atoms in total. The molecule has 26 heavy (non-hydrogen) atoms. The minimum absolute atomic E-state index is 0.459. The molecule has 0 aliphatic carbocycles. The van der Waals surface area contributed by atoms with Gasteiger partial charge in [-0.3, -0.25) is 5.26 Å². The fourth-order valence-electron chi connectivity index (χ4n) is 2.63. The summed E-state index contributed by atoms with van der Waals surface area (Å²) < 4.78 is 18.4. The predicted octanol–water partition coefficient (Wildman–Crippen LogP) is 5.50. The molecule has 0 amide bonds. The summed E-state index contributed by atoms with van der Waals surface area (Å²) in [6.07, 6.45) is 5.57. The van der Waals surface area contributed by atoms with E-state index in [4.69, 9.17) is 19.1 Å². The van der Waals surface area contributed by atoms with E-state index >= 15 is 0 Å². The third kappa shape index (κ3) is 6.03. The van der Waals surface area contributed by atoms with Crippen molar-refractivity contribution in [2.24, 2.45) is 0 Å². The monoisotopic (exact) mass is 368 g/mol. The summed E-state index contributed by atoms with van der Waals surface area (Å²) in [5.41, 5.74) is -0.587. The van der Waals surface area contributed by atoms with Gasteiger partial charge in [-0.15, -0.1) is 0 Å². The molecule has 1 aromatic carbocycles. The molecule has 5 heteroatoms. The molecule has 0 aliphatic heterocycles. The summed E-state index contributed by atoms with van der Waals surface area (Å²) in [5, 5.41) is 9.90. The van der Waals surface area contributed by atoms with Crippen molar-refractivity contribution in [1.29, 1.82) is 0 Å². The fourth-order valence-corrected chi connectivity index (χ4v) is 2.63. The second-order valence-corrected chi connectivity index (χ2v) is 6.65. The third-order valence-electron chi connectivity index (χ3n) is 4.46. The van der Waals surface area contributed by atoms with Crippen molar-refractivity contribution in [3.8, 4) is 0 Å². The number of benzene rings is 1. The van der Waals surface area contributed by atoms with Crippen LogP contribution in [0.1, 0.15) is 71.8 Å². The lowest BCUT2D eigenvalue weighted by atomic mass is 9.92. The molecule has 0 bridgehead atoms. The molecule has 1 atom stereocenters. The molecule has 0 spiro atoms. The molecule has 0 fully saturated rings. The van der Waals surface area contributed by atoms with Gasteiger partial charge in [0.15, 0.2) is 0 Å². The fraction of sp³-hybridized carbons (Fsp3) is 0.714. The summed E-state index contributed by atoms with van der Waals surface area (Å²) in [5.74, 6) is -1.51. The summed E-state index contributed by atoms with van der Waals surface area (Å²) in [6, 6.07) is 9.45.